The second-order valence-corrected chi connectivity index (χ2v) is 4.02. The minimum Gasteiger partial charge on any atom is -0.377 e. The van der Waals surface area contributed by atoms with Gasteiger partial charge in [-0.3, -0.25) is 4.57 Å². The highest BCUT2D eigenvalue weighted by Crippen LogP contribution is 2.47. The first kappa shape index (κ1) is 9.07. The standard InChI is InChI=1S/C3H10NO4P/c1-3(5,2-4)9(6,7)8/h5H,2,4H2,1H3,(H2,6,7,8)/t3-/m1/s1. The molecular weight excluding hydrogens is 145 g/mol. The van der Waals surface area contributed by atoms with Crippen LogP contribution in [0.15, 0.2) is 0 Å². The van der Waals surface area contributed by atoms with Gasteiger partial charge in [0.25, 0.3) is 0 Å². The Kier molecular flexibility index (Phi) is 2.38. The first-order valence-electron chi connectivity index (χ1n) is 2.29. The van der Waals surface area contributed by atoms with Crippen LogP contribution in [0.1, 0.15) is 6.92 Å². The molecule has 5 N–H and O–H groups in total. The van der Waals surface area contributed by atoms with Crippen LogP contribution in [0.5, 0.6) is 0 Å². The fraction of sp³-hybridized carbons (Fsp3) is 1.00. The maximum absolute atomic E-state index is 10.2. The van der Waals surface area contributed by atoms with E-state index in [1.807, 2.05) is 0 Å². The largest absolute Gasteiger partial charge is 0.377 e. The molecule has 0 amide bonds. The van der Waals surface area contributed by atoms with E-state index >= 15 is 0 Å². The zero-order valence-corrected chi connectivity index (χ0v) is 5.88. The summed E-state index contributed by atoms with van der Waals surface area (Å²) in [6, 6.07) is 0. The van der Waals surface area contributed by atoms with Crippen LogP contribution in [0.3, 0.4) is 0 Å². The molecule has 0 saturated heterocycles. The van der Waals surface area contributed by atoms with Crippen LogP contribution in [0.4, 0.5) is 0 Å². The van der Waals surface area contributed by atoms with E-state index in [0.717, 1.165) is 6.92 Å². The molecule has 9 heavy (non-hydrogen) atoms. The van der Waals surface area contributed by atoms with Gasteiger partial charge in [-0.15, -0.1) is 0 Å². The predicted molar refractivity (Wildman–Crippen MR) is 31.7 cm³/mol. The molecule has 0 saturated carbocycles. The molecule has 1 atom stereocenters. The smallest absolute Gasteiger partial charge is 0.357 e. The molecule has 0 fully saturated rings. The number of nitrogens with two attached hydrogens (primary N) is 1. The molecule has 0 heterocycles. The van der Waals surface area contributed by atoms with Gasteiger partial charge in [0.05, 0.1) is 0 Å². The summed E-state index contributed by atoms with van der Waals surface area (Å²) in [5.41, 5.74) is 4.85. The van der Waals surface area contributed by atoms with Gasteiger partial charge in [0.15, 0.2) is 5.34 Å². The molecule has 0 aliphatic rings. The summed E-state index contributed by atoms with van der Waals surface area (Å²) in [7, 11) is -4.44. The highest BCUT2D eigenvalue weighted by molar-refractivity contribution is 7.53. The minimum atomic E-state index is -4.44. The van der Waals surface area contributed by atoms with Crippen molar-refractivity contribution in [3.8, 4) is 0 Å². The van der Waals surface area contributed by atoms with Gasteiger partial charge in [-0.05, 0) is 6.92 Å². The number of aliphatic hydroxyl groups is 1. The monoisotopic (exact) mass is 155 g/mol. The topological polar surface area (TPSA) is 104 Å². The number of hydrogen-bond donors (Lipinski definition) is 4. The van der Waals surface area contributed by atoms with E-state index < -0.39 is 19.5 Å². The van der Waals surface area contributed by atoms with E-state index in [0.29, 0.717) is 0 Å². The Labute approximate surface area is 52.7 Å². The van der Waals surface area contributed by atoms with Crippen LogP contribution in [0.2, 0.25) is 0 Å². The SMILES string of the molecule is C[C@](O)(CN)P(=O)(O)O. The number of hydrogen-bond acceptors (Lipinski definition) is 3. The van der Waals surface area contributed by atoms with Gasteiger partial charge < -0.3 is 20.6 Å². The summed E-state index contributed by atoms with van der Waals surface area (Å²) in [6.07, 6.45) is 0. The first-order chi connectivity index (χ1) is 3.81. The third kappa shape index (κ3) is 2.04. The molecule has 0 aliphatic carbocycles. The highest BCUT2D eigenvalue weighted by Gasteiger charge is 2.38. The van der Waals surface area contributed by atoms with E-state index in [4.69, 9.17) is 20.6 Å². The van der Waals surface area contributed by atoms with Crippen molar-refractivity contribution < 1.29 is 19.5 Å². The molecule has 0 radical (unpaired) electrons. The Balaban J connectivity index is 4.34. The second-order valence-electron chi connectivity index (χ2n) is 1.97. The lowest BCUT2D eigenvalue weighted by atomic mass is 10.4. The average Bonchev–Trinajstić information content (AvgIpc) is 1.64. The summed E-state index contributed by atoms with van der Waals surface area (Å²) in [4.78, 5) is 16.7. The van der Waals surface area contributed by atoms with Crippen LogP contribution in [-0.4, -0.2) is 26.8 Å². The summed E-state index contributed by atoms with van der Waals surface area (Å²) in [5, 5.41) is 6.70. The molecule has 0 aliphatic heterocycles. The Hall–Kier alpha value is 0.0700. The Bertz CT molecular complexity index is 139. The van der Waals surface area contributed by atoms with Crippen molar-refractivity contribution in [1.82, 2.24) is 0 Å². The lowest BCUT2D eigenvalue weighted by Crippen LogP contribution is -2.33. The van der Waals surface area contributed by atoms with E-state index in [-0.39, 0.29) is 0 Å². The quantitative estimate of drug-likeness (QED) is 0.376. The molecular formula is C3H10NO4P. The average molecular weight is 155 g/mol. The molecule has 0 unspecified atom stereocenters. The molecule has 0 bridgehead atoms. The summed E-state index contributed by atoms with van der Waals surface area (Å²) < 4.78 is 10.2. The van der Waals surface area contributed by atoms with Gasteiger partial charge in [-0.1, -0.05) is 0 Å². The molecule has 0 spiro atoms. The second kappa shape index (κ2) is 2.36. The number of rotatable bonds is 2. The molecule has 0 aromatic carbocycles. The van der Waals surface area contributed by atoms with E-state index in [1.165, 1.54) is 0 Å². The van der Waals surface area contributed by atoms with Gasteiger partial charge in [-0.25, -0.2) is 0 Å². The molecule has 6 heteroatoms. The van der Waals surface area contributed by atoms with Crippen LogP contribution in [0.25, 0.3) is 0 Å². The van der Waals surface area contributed by atoms with Crippen LogP contribution >= 0.6 is 7.60 Å². The van der Waals surface area contributed by atoms with Gasteiger partial charge in [-0.2, -0.15) is 0 Å². The van der Waals surface area contributed by atoms with Crippen molar-refractivity contribution in [3.63, 3.8) is 0 Å². The summed E-state index contributed by atoms with van der Waals surface area (Å²) in [5.74, 6) is 0. The van der Waals surface area contributed by atoms with Crippen LogP contribution in [-0.2, 0) is 4.57 Å². The highest BCUT2D eigenvalue weighted by atomic mass is 31.2. The normalized spacial score (nSPS) is 19.2. The maximum Gasteiger partial charge on any atom is 0.357 e. The van der Waals surface area contributed by atoms with Crippen molar-refractivity contribution in [2.75, 3.05) is 6.54 Å². The molecule has 0 aromatic rings. The zero-order chi connectivity index (χ0) is 7.71. The zero-order valence-electron chi connectivity index (χ0n) is 4.98. The van der Waals surface area contributed by atoms with Crippen LogP contribution < -0.4 is 5.73 Å². The van der Waals surface area contributed by atoms with Crippen molar-refractivity contribution in [1.29, 1.82) is 0 Å². The summed E-state index contributed by atoms with van der Waals surface area (Å²) in [6.45, 7) is 0.547. The molecule has 5 nitrogen and oxygen atoms in total. The first-order valence-corrected chi connectivity index (χ1v) is 3.90. The molecule has 0 rings (SSSR count). The molecule has 56 valence electrons. The maximum atomic E-state index is 10.2. The molecule has 0 aromatic heterocycles. The lowest BCUT2D eigenvalue weighted by Gasteiger charge is -2.21. The Morgan fingerprint density at radius 3 is 2.00 bits per heavy atom. The van der Waals surface area contributed by atoms with E-state index in [9.17, 15) is 4.57 Å². The van der Waals surface area contributed by atoms with Gasteiger partial charge >= 0.3 is 7.60 Å². The third-order valence-electron chi connectivity index (χ3n) is 1.01. The van der Waals surface area contributed by atoms with Gasteiger partial charge in [0.2, 0.25) is 0 Å². The fourth-order valence-corrected chi connectivity index (χ4v) is 0.357. The lowest BCUT2D eigenvalue weighted by molar-refractivity contribution is 0.117. The third-order valence-corrected chi connectivity index (χ3v) is 2.45. The van der Waals surface area contributed by atoms with Gasteiger partial charge in [0.1, 0.15) is 0 Å². The predicted octanol–water partition coefficient (Wildman–Crippen LogP) is -1.17. The van der Waals surface area contributed by atoms with Crippen LogP contribution in [0, 0.1) is 0 Å². The van der Waals surface area contributed by atoms with Crippen molar-refractivity contribution in [3.05, 3.63) is 0 Å². The minimum absolute atomic E-state index is 0.447. The fourth-order valence-electron chi connectivity index (χ4n) is 0.119. The van der Waals surface area contributed by atoms with Crippen molar-refractivity contribution in [2.45, 2.75) is 12.3 Å². The van der Waals surface area contributed by atoms with Crippen molar-refractivity contribution >= 4 is 7.60 Å². The van der Waals surface area contributed by atoms with Gasteiger partial charge in [0, 0.05) is 6.54 Å². The Morgan fingerprint density at radius 2 is 2.00 bits per heavy atom. The van der Waals surface area contributed by atoms with E-state index in [2.05, 4.69) is 0 Å². The van der Waals surface area contributed by atoms with E-state index in [1.54, 1.807) is 0 Å². The summed E-state index contributed by atoms with van der Waals surface area (Å²) >= 11 is 0. The Morgan fingerprint density at radius 1 is 1.67 bits per heavy atom. The van der Waals surface area contributed by atoms with Crippen molar-refractivity contribution in [2.24, 2.45) is 5.73 Å².